The Labute approximate surface area is 126 Å². The fourth-order valence-electron chi connectivity index (χ4n) is 2.03. The minimum atomic E-state index is -0.649. The van der Waals surface area contributed by atoms with Crippen LogP contribution in [-0.4, -0.2) is 26.6 Å². The van der Waals surface area contributed by atoms with Crippen molar-refractivity contribution in [3.05, 3.63) is 59.5 Å². The Morgan fingerprint density at radius 3 is 2.71 bits per heavy atom. The van der Waals surface area contributed by atoms with Gasteiger partial charge in [0.2, 0.25) is 0 Å². The minimum Gasteiger partial charge on any atom is -0.387 e. The third kappa shape index (κ3) is 3.09. The summed E-state index contributed by atoms with van der Waals surface area (Å²) in [7, 11) is 0. The molecule has 106 valence electrons. The molecule has 3 aromatic rings. The molecule has 2 N–H and O–H groups in total. The molecule has 2 heterocycles. The van der Waals surface area contributed by atoms with Gasteiger partial charge in [-0.05, 0) is 29.8 Å². The summed E-state index contributed by atoms with van der Waals surface area (Å²) in [6.07, 6.45) is 2.48. The number of rotatable bonds is 4. The third-order valence-corrected chi connectivity index (χ3v) is 3.38. The molecule has 6 heteroatoms. The van der Waals surface area contributed by atoms with Crippen LogP contribution in [0.5, 0.6) is 0 Å². The van der Waals surface area contributed by atoms with Gasteiger partial charge in [0.05, 0.1) is 11.5 Å². The highest BCUT2D eigenvalue weighted by atomic mass is 35.5. The van der Waals surface area contributed by atoms with Crippen LogP contribution in [0.15, 0.2) is 48.9 Å². The zero-order valence-corrected chi connectivity index (χ0v) is 11.8. The average molecular weight is 301 g/mol. The van der Waals surface area contributed by atoms with Gasteiger partial charge >= 0.3 is 0 Å². The summed E-state index contributed by atoms with van der Waals surface area (Å²) in [6, 6.07) is 10.8. The van der Waals surface area contributed by atoms with E-state index in [0.29, 0.717) is 23.0 Å². The van der Waals surface area contributed by atoms with Crippen molar-refractivity contribution in [1.29, 1.82) is 0 Å². The van der Waals surface area contributed by atoms with Crippen LogP contribution in [0, 0.1) is 0 Å². The lowest BCUT2D eigenvalue weighted by atomic mass is 10.1. The number of aromatic nitrogens is 3. The van der Waals surface area contributed by atoms with Crippen molar-refractivity contribution in [2.45, 2.75) is 6.10 Å². The van der Waals surface area contributed by atoms with Crippen molar-refractivity contribution in [3.8, 4) is 0 Å². The second-order valence-electron chi connectivity index (χ2n) is 4.55. The molecule has 0 fully saturated rings. The molecule has 1 atom stereocenters. The van der Waals surface area contributed by atoms with Gasteiger partial charge < -0.3 is 10.4 Å². The number of aliphatic hydroxyl groups excluding tert-OH is 1. The largest absolute Gasteiger partial charge is 0.387 e. The summed E-state index contributed by atoms with van der Waals surface area (Å²) in [5.74, 6) is 0.654. The van der Waals surface area contributed by atoms with Crippen molar-refractivity contribution in [2.75, 3.05) is 11.9 Å². The first-order valence-corrected chi connectivity index (χ1v) is 6.85. The van der Waals surface area contributed by atoms with Gasteiger partial charge in [-0.2, -0.15) is 0 Å². The Kier molecular flexibility index (Phi) is 3.94. The predicted octanol–water partition coefficient (Wildman–Crippen LogP) is 2.82. The predicted molar refractivity (Wildman–Crippen MR) is 82.2 cm³/mol. The first-order chi connectivity index (χ1) is 10.2. The Hall–Kier alpha value is -2.24. The number of pyridine rings is 1. The highest BCUT2D eigenvalue weighted by Gasteiger charge is 2.09. The van der Waals surface area contributed by atoms with Crippen LogP contribution >= 0.6 is 11.6 Å². The summed E-state index contributed by atoms with van der Waals surface area (Å²) in [5.41, 5.74) is 1.42. The Bertz CT molecular complexity index is 743. The van der Waals surface area contributed by atoms with Crippen molar-refractivity contribution in [3.63, 3.8) is 0 Å². The molecule has 2 aromatic heterocycles. The molecule has 0 saturated heterocycles. The van der Waals surface area contributed by atoms with Crippen molar-refractivity contribution in [2.24, 2.45) is 0 Å². The monoisotopic (exact) mass is 300 g/mol. The summed E-state index contributed by atoms with van der Waals surface area (Å²) >= 11 is 5.83. The molecule has 21 heavy (non-hydrogen) atoms. The lowest BCUT2D eigenvalue weighted by molar-refractivity contribution is 0.191. The van der Waals surface area contributed by atoms with Gasteiger partial charge in [0, 0.05) is 17.8 Å². The van der Waals surface area contributed by atoms with E-state index in [4.69, 9.17) is 11.6 Å². The van der Waals surface area contributed by atoms with E-state index in [1.165, 1.54) is 6.33 Å². The molecule has 0 radical (unpaired) electrons. The van der Waals surface area contributed by atoms with E-state index in [9.17, 15) is 5.11 Å². The molecule has 0 amide bonds. The van der Waals surface area contributed by atoms with Crippen LogP contribution in [0.25, 0.3) is 11.0 Å². The molecular weight excluding hydrogens is 288 g/mol. The molecule has 5 nitrogen and oxygen atoms in total. The SMILES string of the molecule is OC(CNc1ncnc2ncccc12)c1ccc(Cl)cc1. The zero-order chi connectivity index (χ0) is 14.7. The lowest BCUT2D eigenvalue weighted by Crippen LogP contribution is -2.13. The lowest BCUT2D eigenvalue weighted by Gasteiger charge is -2.13. The van der Waals surface area contributed by atoms with Crippen LogP contribution in [0.2, 0.25) is 5.02 Å². The Morgan fingerprint density at radius 2 is 1.90 bits per heavy atom. The van der Waals surface area contributed by atoms with E-state index in [2.05, 4.69) is 20.3 Å². The number of aliphatic hydroxyl groups is 1. The summed E-state index contributed by atoms with van der Waals surface area (Å²) in [6.45, 7) is 0.336. The second kappa shape index (κ2) is 6.03. The van der Waals surface area contributed by atoms with Crippen LogP contribution in [0.4, 0.5) is 5.82 Å². The highest BCUT2D eigenvalue weighted by molar-refractivity contribution is 6.30. The van der Waals surface area contributed by atoms with Gasteiger partial charge in [0.25, 0.3) is 0 Å². The van der Waals surface area contributed by atoms with E-state index in [0.717, 1.165) is 10.9 Å². The molecule has 0 aliphatic rings. The van der Waals surface area contributed by atoms with Gasteiger partial charge in [-0.25, -0.2) is 15.0 Å². The second-order valence-corrected chi connectivity index (χ2v) is 4.98. The van der Waals surface area contributed by atoms with Crippen molar-refractivity contribution in [1.82, 2.24) is 15.0 Å². The number of nitrogens with zero attached hydrogens (tertiary/aromatic N) is 3. The first-order valence-electron chi connectivity index (χ1n) is 6.47. The van der Waals surface area contributed by atoms with Crippen molar-refractivity contribution >= 4 is 28.5 Å². The summed E-state index contributed by atoms with van der Waals surface area (Å²) < 4.78 is 0. The van der Waals surface area contributed by atoms with Crippen LogP contribution in [0.1, 0.15) is 11.7 Å². The van der Waals surface area contributed by atoms with Crippen LogP contribution in [-0.2, 0) is 0 Å². The number of fused-ring (bicyclic) bond motifs is 1. The molecule has 1 unspecified atom stereocenters. The number of benzene rings is 1. The highest BCUT2D eigenvalue weighted by Crippen LogP contribution is 2.20. The smallest absolute Gasteiger partial charge is 0.164 e. The molecule has 0 aliphatic heterocycles. The molecule has 1 aromatic carbocycles. The quantitative estimate of drug-likeness (QED) is 0.775. The average Bonchev–Trinajstić information content (AvgIpc) is 2.53. The van der Waals surface area contributed by atoms with Gasteiger partial charge in [0.15, 0.2) is 5.65 Å². The van der Waals surface area contributed by atoms with E-state index >= 15 is 0 Å². The van der Waals surface area contributed by atoms with Crippen LogP contribution < -0.4 is 5.32 Å². The standard InChI is InChI=1S/C15H13ClN4O/c16-11-5-3-10(4-6-11)13(21)8-18-15-12-2-1-7-17-14(12)19-9-20-15/h1-7,9,13,21H,8H2,(H,17,18,19,20). The fraction of sp³-hybridized carbons (Fsp3) is 0.133. The summed E-state index contributed by atoms with van der Waals surface area (Å²) in [4.78, 5) is 12.5. The maximum absolute atomic E-state index is 10.2. The first kappa shape index (κ1) is 13.7. The maximum atomic E-state index is 10.2. The number of anilines is 1. The van der Waals surface area contributed by atoms with Crippen molar-refractivity contribution < 1.29 is 5.11 Å². The number of nitrogens with one attached hydrogen (secondary N) is 1. The molecule has 0 bridgehead atoms. The fourth-order valence-corrected chi connectivity index (χ4v) is 2.16. The van der Waals surface area contributed by atoms with Gasteiger partial charge in [-0.3, -0.25) is 0 Å². The van der Waals surface area contributed by atoms with E-state index < -0.39 is 6.10 Å². The van der Waals surface area contributed by atoms with Crippen LogP contribution in [0.3, 0.4) is 0 Å². The third-order valence-electron chi connectivity index (χ3n) is 3.13. The van der Waals surface area contributed by atoms with E-state index in [-0.39, 0.29) is 0 Å². The molecule has 0 aliphatic carbocycles. The van der Waals surface area contributed by atoms with Gasteiger partial charge in [-0.15, -0.1) is 0 Å². The normalized spacial score (nSPS) is 12.3. The number of halogens is 1. The number of hydrogen-bond acceptors (Lipinski definition) is 5. The van der Waals surface area contributed by atoms with E-state index in [1.54, 1.807) is 30.5 Å². The zero-order valence-electron chi connectivity index (χ0n) is 11.1. The molecule has 0 saturated carbocycles. The summed E-state index contributed by atoms with van der Waals surface area (Å²) in [5, 5.41) is 14.8. The maximum Gasteiger partial charge on any atom is 0.164 e. The molecular formula is C15H13ClN4O. The molecule has 3 rings (SSSR count). The number of hydrogen-bond donors (Lipinski definition) is 2. The Balaban J connectivity index is 1.76. The van der Waals surface area contributed by atoms with E-state index in [1.807, 2.05) is 12.1 Å². The van der Waals surface area contributed by atoms with Gasteiger partial charge in [0.1, 0.15) is 12.1 Å². The minimum absolute atomic E-state index is 0.336. The van der Waals surface area contributed by atoms with Gasteiger partial charge in [-0.1, -0.05) is 23.7 Å². The Morgan fingerprint density at radius 1 is 1.10 bits per heavy atom. The molecule has 0 spiro atoms. The topological polar surface area (TPSA) is 70.9 Å².